The fourth-order valence-corrected chi connectivity index (χ4v) is 2.01. The van der Waals surface area contributed by atoms with Gasteiger partial charge in [-0.15, -0.1) is 0 Å². The summed E-state index contributed by atoms with van der Waals surface area (Å²) < 4.78 is 6.52. The van der Waals surface area contributed by atoms with Gasteiger partial charge in [0.15, 0.2) is 5.78 Å². The van der Waals surface area contributed by atoms with Crippen LogP contribution in [0, 0.1) is 0 Å². The molecule has 1 saturated carbocycles. The van der Waals surface area contributed by atoms with E-state index in [1.165, 1.54) is 6.20 Å². The van der Waals surface area contributed by atoms with Gasteiger partial charge >= 0.3 is 5.97 Å². The first-order chi connectivity index (χ1) is 7.74. The highest BCUT2D eigenvalue weighted by atomic mass is 16.5. The van der Waals surface area contributed by atoms with Gasteiger partial charge in [-0.25, -0.2) is 9.78 Å². The molecule has 0 aliphatic heterocycles. The zero-order valence-corrected chi connectivity index (χ0v) is 9.18. The average molecular weight is 222 g/mol. The number of imidazole rings is 1. The first-order valence-electron chi connectivity index (χ1n) is 5.46. The standard InChI is InChI=1S/C11H14N2O3/c1-2-16-11(15)10-12-6-7-13(10)8-4-3-5-9(8)14/h6-8H,2-5H2,1H3. The van der Waals surface area contributed by atoms with Crippen LogP contribution < -0.4 is 0 Å². The Morgan fingerprint density at radius 1 is 1.69 bits per heavy atom. The summed E-state index contributed by atoms with van der Waals surface area (Å²) in [5, 5.41) is 0. The zero-order chi connectivity index (χ0) is 11.5. The van der Waals surface area contributed by atoms with Crippen molar-refractivity contribution in [2.24, 2.45) is 0 Å². The van der Waals surface area contributed by atoms with Crippen LogP contribution in [-0.2, 0) is 9.53 Å². The Morgan fingerprint density at radius 2 is 2.50 bits per heavy atom. The topological polar surface area (TPSA) is 61.2 Å². The molecule has 1 aromatic heterocycles. The Kier molecular flexibility index (Phi) is 3.03. The molecule has 5 heteroatoms. The highest BCUT2D eigenvalue weighted by Gasteiger charge is 2.29. The van der Waals surface area contributed by atoms with E-state index < -0.39 is 5.97 Å². The number of aromatic nitrogens is 2. The highest BCUT2D eigenvalue weighted by molar-refractivity contribution is 5.88. The van der Waals surface area contributed by atoms with E-state index in [0.29, 0.717) is 13.0 Å². The van der Waals surface area contributed by atoms with E-state index in [4.69, 9.17) is 4.74 Å². The van der Waals surface area contributed by atoms with Crippen LogP contribution in [0.2, 0.25) is 0 Å². The molecule has 0 amide bonds. The summed E-state index contributed by atoms with van der Waals surface area (Å²) in [4.78, 5) is 27.1. The van der Waals surface area contributed by atoms with Crippen LogP contribution in [0.1, 0.15) is 42.8 Å². The highest BCUT2D eigenvalue weighted by Crippen LogP contribution is 2.27. The molecule has 2 rings (SSSR count). The van der Waals surface area contributed by atoms with Gasteiger partial charge < -0.3 is 9.30 Å². The number of ether oxygens (including phenoxy) is 1. The number of esters is 1. The fourth-order valence-electron chi connectivity index (χ4n) is 2.01. The molecule has 1 aliphatic carbocycles. The van der Waals surface area contributed by atoms with Gasteiger partial charge in [0.25, 0.3) is 0 Å². The van der Waals surface area contributed by atoms with Gasteiger partial charge in [-0.05, 0) is 19.8 Å². The molecule has 86 valence electrons. The van der Waals surface area contributed by atoms with Crippen LogP contribution in [0.25, 0.3) is 0 Å². The second kappa shape index (κ2) is 4.47. The summed E-state index contributed by atoms with van der Waals surface area (Å²) in [5.74, 6) is -0.0714. The number of hydrogen-bond acceptors (Lipinski definition) is 4. The van der Waals surface area contributed by atoms with Crippen molar-refractivity contribution >= 4 is 11.8 Å². The van der Waals surface area contributed by atoms with Crippen LogP contribution in [0.15, 0.2) is 12.4 Å². The lowest BCUT2D eigenvalue weighted by Crippen LogP contribution is -2.19. The third-order valence-electron chi connectivity index (χ3n) is 2.73. The number of nitrogens with zero attached hydrogens (tertiary/aromatic N) is 2. The van der Waals surface area contributed by atoms with Gasteiger partial charge in [0.2, 0.25) is 5.82 Å². The number of ketones is 1. The molecule has 1 aliphatic rings. The van der Waals surface area contributed by atoms with E-state index in [9.17, 15) is 9.59 Å². The molecule has 0 aromatic carbocycles. The molecule has 0 saturated heterocycles. The van der Waals surface area contributed by atoms with Crippen molar-refractivity contribution < 1.29 is 14.3 Å². The van der Waals surface area contributed by atoms with Crippen molar-refractivity contribution in [3.8, 4) is 0 Å². The minimum Gasteiger partial charge on any atom is -0.460 e. The fraction of sp³-hybridized carbons (Fsp3) is 0.545. The van der Waals surface area contributed by atoms with Crippen LogP contribution >= 0.6 is 0 Å². The SMILES string of the molecule is CCOC(=O)c1nccn1C1CCCC1=O. The summed E-state index contributed by atoms with van der Waals surface area (Å²) in [6, 6.07) is -0.234. The Labute approximate surface area is 93.4 Å². The van der Waals surface area contributed by atoms with Crippen LogP contribution in [0.3, 0.4) is 0 Å². The van der Waals surface area contributed by atoms with Gasteiger partial charge in [-0.2, -0.15) is 0 Å². The number of Topliss-reactive ketones (excluding diaryl/α,β-unsaturated/α-hetero) is 1. The van der Waals surface area contributed by atoms with E-state index >= 15 is 0 Å². The zero-order valence-electron chi connectivity index (χ0n) is 9.18. The summed E-state index contributed by atoms with van der Waals surface area (Å²) in [5.41, 5.74) is 0. The molecule has 1 atom stereocenters. The van der Waals surface area contributed by atoms with E-state index in [1.807, 2.05) is 0 Å². The third-order valence-corrected chi connectivity index (χ3v) is 2.73. The van der Waals surface area contributed by atoms with Crippen molar-refractivity contribution in [3.05, 3.63) is 18.2 Å². The molecule has 0 bridgehead atoms. The molecule has 0 N–H and O–H groups in total. The maximum atomic E-state index is 11.6. The molecule has 0 spiro atoms. The maximum absolute atomic E-state index is 11.6. The van der Waals surface area contributed by atoms with E-state index in [2.05, 4.69) is 4.98 Å². The lowest BCUT2D eigenvalue weighted by atomic mass is 10.2. The molecule has 1 heterocycles. The first-order valence-corrected chi connectivity index (χ1v) is 5.46. The predicted octanol–water partition coefficient (Wildman–Crippen LogP) is 1.35. The van der Waals surface area contributed by atoms with Gasteiger partial charge in [0.1, 0.15) is 0 Å². The lowest BCUT2D eigenvalue weighted by Gasteiger charge is -2.12. The monoisotopic (exact) mass is 222 g/mol. The molecule has 16 heavy (non-hydrogen) atoms. The van der Waals surface area contributed by atoms with Crippen molar-refractivity contribution in [1.29, 1.82) is 0 Å². The minimum atomic E-state index is -0.466. The summed E-state index contributed by atoms with van der Waals surface area (Å²) in [7, 11) is 0. The molecule has 1 unspecified atom stereocenters. The van der Waals surface area contributed by atoms with Crippen LogP contribution in [-0.4, -0.2) is 27.9 Å². The smallest absolute Gasteiger partial charge is 0.374 e. The largest absolute Gasteiger partial charge is 0.460 e. The molecule has 1 aromatic rings. The lowest BCUT2D eigenvalue weighted by molar-refractivity contribution is -0.120. The van der Waals surface area contributed by atoms with E-state index in [-0.39, 0.29) is 17.6 Å². The number of carbonyl (C=O) groups excluding carboxylic acids is 2. The normalized spacial score (nSPS) is 20.1. The van der Waals surface area contributed by atoms with Gasteiger partial charge in [0.05, 0.1) is 12.6 Å². The van der Waals surface area contributed by atoms with Crippen molar-refractivity contribution in [3.63, 3.8) is 0 Å². The second-order valence-electron chi connectivity index (χ2n) is 3.75. The van der Waals surface area contributed by atoms with Crippen LogP contribution in [0.4, 0.5) is 0 Å². The minimum absolute atomic E-state index is 0.170. The number of hydrogen-bond donors (Lipinski definition) is 0. The van der Waals surface area contributed by atoms with E-state index in [0.717, 1.165) is 12.8 Å². The van der Waals surface area contributed by atoms with Crippen molar-refractivity contribution in [2.45, 2.75) is 32.2 Å². The average Bonchev–Trinajstić information content (AvgIpc) is 2.85. The molecule has 5 nitrogen and oxygen atoms in total. The molecule has 1 fully saturated rings. The Morgan fingerprint density at radius 3 is 3.12 bits per heavy atom. The van der Waals surface area contributed by atoms with Crippen molar-refractivity contribution in [1.82, 2.24) is 9.55 Å². The van der Waals surface area contributed by atoms with Gasteiger partial charge in [0, 0.05) is 18.8 Å². The quantitative estimate of drug-likeness (QED) is 0.724. The number of carbonyl (C=O) groups is 2. The summed E-state index contributed by atoms with van der Waals surface area (Å²) >= 11 is 0. The first kappa shape index (κ1) is 10.9. The Hall–Kier alpha value is -1.65. The van der Waals surface area contributed by atoms with E-state index in [1.54, 1.807) is 17.7 Å². The summed E-state index contributed by atoms with van der Waals surface area (Å²) in [6.45, 7) is 2.05. The Balaban J connectivity index is 2.25. The molecular formula is C11H14N2O3. The summed E-state index contributed by atoms with van der Waals surface area (Å²) in [6.07, 6.45) is 5.44. The second-order valence-corrected chi connectivity index (χ2v) is 3.75. The van der Waals surface area contributed by atoms with Crippen molar-refractivity contribution in [2.75, 3.05) is 6.61 Å². The molecular weight excluding hydrogens is 208 g/mol. The Bertz CT molecular complexity index is 411. The molecule has 0 radical (unpaired) electrons. The van der Waals surface area contributed by atoms with Gasteiger partial charge in [-0.1, -0.05) is 0 Å². The third kappa shape index (κ3) is 1.85. The number of rotatable bonds is 3. The predicted molar refractivity (Wildman–Crippen MR) is 56.1 cm³/mol. The maximum Gasteiger partial charge on any atom is 0.374 e. The van der Waals surface area contributed by atoms with Gasteiger partial charge in [-0.3, -0.25) is 4.79 Å². The van der Waals surface area contributed by atoms with Crippen LogP contribution in [0.5, 0.6) is 0 Å².